The molecule has 5 nitrogen and oxygen atoms in total. The molecule has 0 N–H and O–H groups in total. The molecule has 0 atom stereocenters. The fraction of sp³-hybridized carbons (Fsp3) is 0.350. The first-order chi connectivity index (χ1) is 12.2. The lowest BCUT2D eigenvalue weighted by molar-refractivity contribution is -0.641. The number of hydrogen-bond acceptors (Lipinski definition) is 4. The van der Waals surface area contributed by atoms with Crippen LogP contribution in [-0.2, 0) is 16.1 Å². The Balaban J connectivity index is 1.86. The number of esters is 1. The monoisotopic (exact) mass is 339 g/mol. The highest BCUT2D eigenvalue weighted by Crippen LogP contribution is 2.24. The van der Waals surface area contributed by atoms with Crippen molar-refractivity contribution in [1.82, 2.24) is 4.98 Å². The molecule has 3 rings (SSSR count). The second-order valence-corrected chi connectivity index (χ2v) is 5.73. The molecule has 0 bridgehead atoms. The van der Waals surface area contributed by atoms with Gasteiger partial charge in [-0.2, -0.15) is 4.57 Å². The molecule has 0 saturated carbocycles. The lowest BCUT2D eigenvalue weighted by Crippen LogP contribution is -2.34. The van der Waals surface area contributed by atoms with Gasteiger partial charge in [0.05, 0.1) is 13.2 Å². The van der Waals surface area contributed by atoms with Gasteiger partial charge in [-0.25, -0.2) is 4.98 Å². The number of fused-ring (bicyclic) bond motifs is 2. The number of ether oxygens (including phenoxy) is 2. The van der Waals surface area contributed by atoms with Gasteiger partial charge in [-0.15, -0.1) is 0 Å². The van der Waals surface area contributed by atoms with Gasteiger partial charge in [0.25, 0.3) is 0 Å². The number of carbonyl (C=O) groups is 1. The molecule has 130 valence electrons. The van der Waals surface area contributed by atoms with Gasteiger partial charge in [-0.1, -0.05) is 18.2 Å². The van der Waals surface area contributed by atoms with E-state index in [1.807, 2.05) is 37.3 Å². The van der Waals surface area contributed by atoms with Gasteiger partial charge < -0.3 is 9.47 Å². The minimum atomic E-state index is -0.183. The molecule has 0 spiro atoms. The fourth-order valence-corrected chi connectivity index (χ4v) is 2.97. The number of carbonyl (C=O) groups excluding carboxylic acids is 1. The number of para-hydroxylation sites is 3. The van der Waals surface area contributed by atoms with Crippen molar-refractivity contribution >= 4 is 28.0 Å². The maximum atomic E-state index is 11.4. The van der Waals surface area contributed by atoms with E-state index >= 15 is 0 Å². The molecule has 0 aliphatic heterocycles. The predicted octanol–water partition coefficient (Wildman–Crippen LogP) is 3.42. The van der Waals surface area contributed by atoms with Crippen molar-refractivity contribution in [3.8, 4) is 5.75 Å². The van der Waals surface area contributed by atoms with Gasteiger partial charge in [-0.05, 0) is 32.4 Å². The van der Waals surface area contributed by atoms with Crippen LogP contribution in [0.4, 0.5) is 0 Å². The minimum absolute atomic E-state index is 0.183. The topological polar surface area (TPSA) is 52.3 Å². The molecule has 0 saturated heterocycles. The van der Waals surface area contributed by atoms with E-state index in [1.54, 1.807) is 0 Å². The Labute approximate surface area is 147 Å². The molecule has 0 aliphatic carbocycles. The average Bonchev–Trinajstić information content (AvgIpc) is 2.63. The predicted molar refractivity (Wildman–Crippen MR) is 96.5 cm³/mol. The third kappa shape index (κ3) is 3.71. The SMILES string of the molecule is CCOC(=O)CCCOc1cccc2c1nc1ccccc1[n+]2CC. The Bertz CT molecular complexity index is 893. The molecular formula is C20H23N2O3+. The van der Waals surface area contributed by atoms with E-state index in [0.717, 1.165) is 34.4 Å². The number of rotatable bonds is 7. The molecular weight excluding hydrogens is 316 g/mol. The summed E-state index contributed by atoms with van der Waals surface area (Å²) in [4.78, 5) is 16.2. The third-order valence-electron chi connectivity index (χ3n) is 4.08. The summed E-state index contributed by atoms with van der Waals surface area (Å²) in [5, 5.41) is 0. The van der Waals surface area contributed by atoms with E-state index in [-0.39, 0.29) is 5.97 Å². The summed E-state index contributed by atoms with van der Waals surface area (Å²) in [6.07, 6.45) is 0.987. The average molecular weight is 339 g/mol. The second kappa shape index (κ2) is 7.92. The van der Waals surface area contributed by atoms with Crippen LogP contribution in [0.15, 0.2) is 42.5 Å². The molecule has 0 fully saturated rings. The normalized spacial score (nSPS) is 11.0. The Kier molecular flexibility index (Phi) is 5.43. The number of benzene rings is 2. The first-order valence-electron chi connectivity index (χ1n) is 8.74. The third-order valence-corrected chi connectivity index (χ3v) is 4.08. The largest absolute Gasteiger partial charge is 0.491 e. The summed E-state index contributed by atoms with van der Waals surface area (Å²) in [7, 11) is 0. The number of hydrogen-bond donors (Lipinski definition) is 0. The van der Waals surface area contributed by atoms with Crippen molar-refractivity contribution in [2.24, 2.45) is 0 Å². The molecule has 0 unspecified atom stereocenters. The number of nitrogens with zero attached hydrogens (tertiary/aromatic N) is 2. The maximum absolute atomic E-state index is 11.4. The van der Waals surface area contributed by atoms with E-state index in [0.29, 0.717) is 26.1 Å². The summed E-state index contributed by atoms with van der Waals surface area (Å²) in [5.74, 6) is 0.561. The molecule has 25 heavy (non-hydrogen) atoms. The highest BCUT2D eigenvalue weighted by atomic mass is 16.5. The van der Waals surface area contributed by atoms with Crippen molar-refractivity contribution in [2.75, 3.05) is 13.2 Å². The van der Waals surface area contributed by atoms with Crippen molar-refractivity contribution in [1.29, 1.82) is 0 Å². The standard InChI is InChI=1S/C20H23N2O3/c1-3-22-16-10-6-5-9-15(16)21-20-17(22)11-7-12-18(20)25-14-8-13-19(23)24-4-2/h5-7,9-12H,3-4,8,13-14H2,1-2H3/q+1. The highest BCUT2D eigenvalue weighted by Gasteiger charge is 2.17. The summed E-state index contributed by atoms with van der Waals surface area (Å²) in [6, 6.07) is 14.1. The molecule has 1 heterocycles. The molecule has 3 aromatic rings. The molecule has 0 radical (unpaired) electrons. The van der Waals surface area contributed by atoms with Crippen LogP contribution in [0.1, 0.15) is 26.7 Å². The van der Waals surface area contributed by atoms with E-state index in [9.17, 15) is 4.79 Å². The van der Waals surface area contributed by atoms with E-state index < -0.39 is 0 Å². The molecule has 1 aromatic heterocycles. The van der Waals surface area contributed by atoms with Gasteiger partial charge in [-0.3, -0.25) is 4.79 Å². The van der Waals surface area contributed by atoms with Crippen LogP contribution < -0.4 is 9.30 Å². The zero-order valence-corrected chi connectivity index (χ0v) is 14.7. The zero-order chi connectivity index (χ0) is 17.6. The first-order valence-corrected chi connectivity index (χ1v) is 8.74. The number of aromatic nitrogens is 2. The van der Waals surface area contributed by atoms with E-state index in [2.05, 4.69) is 23.6 Å². The smallest absolute Gasteiger partial charge is 0.305 e. The van der Waals surface area contributed by atoms with Crippen molar-refractivity contribution in [3.63, 3.8) is 0 Å². The van der Waals surface area contributed by atoms with Gasteiger partial charge >= 0.3 is 5.97 Å². The van der Waals surface area contributed by atoms with Crippen LogP contribution in [0, 0.1) is 0 Å². The van der Waals surface area contributed by atoms with Crippen LogP contribution in [0.25, 0.3) is 22.1 Å². The number of aryl methyl sites for hydroxylation is 1. The summed E-state index contributed by atoms with van der Waals surface area (Å²) in [5.41, 5.74) is 3.94. The fourth-order valence-electron chi connectivity index (χ4n) is 2.97. The molecule has 0 aliphatic rings. The Hall–Kier alpha value is -2.69. The van der Waals surface area contributed by atoms with Crippen molar-refractivity contribution in [2.45, 2.75) is 33.2 Å². The van der Waals surface area contributed by atoms with Crippen LogP contribution in [0.3, 0.4) is 0 Å². The molecule has 5 heteroatoms. The molecule has 2 aromatic carbocycles. The Morgan fingerprint density at radius 1 is 1.08 bits per heavy atom. The second-order valence-electron chi connectivity index (χ2n) is 5.73. The van der Waals surface area contributed by atoms with Crippen LogP contribution in [0.5, 0.6) is 5.75 Å². The minimum Gasteiger partial charge on any atom is -0.491 e. The maximum Gasteiger partial charge on any atom is 0.305 e. The molecule has 0 amide bonds. The lowest BCUT2D eigenvalue weighted by atomic mass is 10.2. The zero-order valence-electron chi connectivity index (χ0n) is 14.7. The van der Waals surface area contributed by atoms with E-state index in [1.165, 1.54) is 0 Å². The summed E-state index contributed by atoms with van der Waals surface area (Å²) >= 11 is 0. The van der Waals surface area contributed by atoms with Gasteiger partial charge in [0.1, 0.15) is 12.1 Å². The van der Waals surface area contributed by atoms with Gasteiger partial charge in [0, 0.05) is 18.6 Å². The Morgan fingerprint density at radius 3 is 2.68 bits per heavy atom. The van der Waals surface area contributed by atoms with E-state index in [4.69, 9.17) is 14.5 Å². The van der Waals surface area contributed by atoms with Crippen LogP contribution >= 0.6 is 0 Å². The summed E-state index contributed by atoms with van der Waals surface area (Å²) < 4.78 is 13.1. The highest BCUT2D eigenvalue weighted by molar-refractivity contribution is 5.85. The summed E-state index contributed by atoms with van der Waals surface area (Å²) in [6.45, 7) is 5.66. The van der Waals surface area contributed by atoms with Crippen LogP contribution in [-0.4, -0.2) is 24.2 Å². The van der Waals surface area contributed by atoms with Crippen molar-refractivity contribution < 1.29 is 18.8 Å². The van der Waals surface area contributed by atoms with Crippen molar-refractivity contribution in [3.05, 3.63) is 42.5 Å². The quantitative estimate of drug-likeness (QED) is 0.286. The first kappa shape index (κ1) is 17.1. The Morgan fingerprint density at radius 2 is 1.88 bits per heavy atom. The van der Waals surface area contributed by atoms with Gasteiger partial charge in [0.15, 0.2) is 11.3 Å². The van der Waals surface area contributed by atoms with Crippen LogP contribution in [0.2, 0.25) is 0 Å². The van der Waals surface area contributed by atoms with Gasteiger partial charge in [0.2, 0.25) is 11.0 Å². The lowest BCUT2D eigenvalue weighted by Gasteiger charge is -2.09.